The first kappa shape index (κ1) is 15.8. The quantitative estimate of drug-likeness (QED) is 0.735. The van der Waals surface area contributed by atoms with E-state index in [9.17, 15) is 4.79 Å². The van der Waals surface area contributed by atoms with Gasteiger partial charge in [-0.1, -0.05) is 30.3 Å². The summed E-state index contributed by atoms with van der Waals surface area (Å²) in [5.74, 6) is 0.510. The van der Waals surface area contributed by atoms with E-state index in [0.29, 0.717) is 11.6 Å². The lowest BCUT2D eigenvalue weighted by molar-refractivity contribution is 0.0667. The predicted molar refractivity (Wildman–Crippen MR) is 98.3 cm³/mol. The number of hydrogen-bond donors (Lipinski definition) is 0. The second kappa shape index (κ2) is 7.01. The first-order valence-corrected chi connectivity index (χ1v) is 8.83. The maximum atomic E-state index is 12.7. The van der Waals surface area contributed by atoms with Crippen molar-refractivity contribution < 1.29 is 4.79 Å². The Labute approximate surface area is 147 Å². The van der Waals surface area contributed by atoms with Gasteiger partial charge in [-0.05, 0) is 48.3 Å². The van der Waals surface area contributed by atoms with Gasteiger partial charge in [-0.3, -0.25) is 14.8 Å². The van der Waals surface area contributed by atoms with Gasteiger partial charge in [-0.2, -0.15) is 0 Å². The number of nitrogens with zero attached hydrogens (tertiary/aromatic N) is 3. The van der Waals surface area contributed by atoms with Gasteiger partial charge < -0.3 is 4.90 Å². The van der Waals surface area contributed by atoms with E-state index in [4.69, 9.17) is 0 Å². The molecule has 0 bridgehead atoms. The Morgan fingerprint density at radius 3 is 2.88 bits per heavy atom. The summed E-state index contributed by atoms with van der Waals surface area (Å²) in [4.78, 5) is 23.2. The van der Waals surface area contributed by atoms with Crippen molar-refractivity contribution in [1.29, 1.82) is 0 Å². The molecule has 1 aliphatic heterocycles. The van der Waals surface area contributed by atoms with Crippen LogP contribution in [-0.4, -0.2) is 33.9 Å². The fraction of sp³-hybridized carbons (Fsp3) is 0.286. The molecule has 4 nitrogen and oxygen atoms in total. The van der Waals surface area contributed by atoms with Crippen LogP contribution in [-0.2, 0) is 6.42 Å². The van der Waals surface area contributed by atoms with Crippen LogP contribution in [0.15, 0.2) is 61.1 Å². The van der Waals surface area contributed by atoms with Crippen molar-refractivity contribution in [2.75, 3.05) is 13.1 Å². The average Bonchev–Trinajstić information content (AvgIpc) is 2.69. The molecule has 3 aromatic rings. The van der Waals surface area contributed by atoms with Crippen LogP contribution in [0.3, 0.4) is 0 Å². The molecule has 1 aromatic carbocycles. The van der Waals surface area contributed by atoms with E-state index in [2.05, 4.69) is 28.2 Å². The Bertz CT molecular complexity index is 873. The Morgan fingerprint density at radius 2 is 2.00 bits per heavy atom. The molecule has 3 heterocycles. The topological polar surface area (TPSA) is 46.1 Å². The lowest BCUT2D eigenvalue weighted by Crippen LogP contribution is -2.40. The summed E-state index contributed by atoms with van der Waals surface area (Å²) in [5.41, 5.74) is 1.81. The van der Waals surface area contributed by atoms with Crippen LogP contribution in [0.5, 0.6) is 0 Å². The van der Waals surface area contributed by atoms with Gasteiger partial charge in [0.15, 0.2) is 0 Å². The van der Waals surface area contributed by atoms with Crippen molar-refractivity contribution in [2.24, 2.45) is 5.92 Å². The van der Waals surface area contributed by atoms with E-state index < -0.39 is 0 Å². The zero-order valence-corrected chi connectivity index (χ0v) is 14.1. The maximum Gasteiger partial charge on any atom is 0.272 e. The summed E-state index contributed by atoms with van der Waals surface area (Å²) >= 11 is 0. The molecule has 0 N–H and O–H groups in total. The Morgan fingerprint density at radius 1 is 1.12 bits per heavy atom. The predicted octanol–water partition coefficient (Wildman–Crippen LogP) is 3.72. The number of carbonyl (C=O) groups is 1. The van der Waals surface area contributed by atoms with E-state index in [1.807, 2.05) is 35.5 Å². The Balaban J connectivity index is 1.51. The highest BCUT2D eigenvalue weighted by atomic mass is 16.2. The van der Waals surface area contributed by atoms with Gasteiger partial charge in [0, 0.05) is 37.1 Å². The molecular weight excluding hydrogens is 310 g/mol. The summed E-state index contributed by atoms with van der Waals surface area (Å²) in [6.07, 6.45) is 8.71. The summed E-state index contributed by atoms with van der Waals surface area (Å²) in [5, 5.41) is 2.45. The summed E-state index contributed by atoms with van der Waals surface area (Å²) < 4.78 is 0. The molecule has 2 aromatic heterocycles. The number of piperidine rings is 1. The molecule has 1 saturated heterocycles. The lowest BCUT2D eigenvalue weighted by Gasteiger charge is -2.32. The van der Waals surface area contributed by atoms with E-state index in [0.717, 1.165) is 32.4 Å². The number of carbonyl (C=O) groups excluding carboxylic acids is 1. The van der Waals surface area contributed by atoms with Crippen LogP contribution in [0.25, 0.3) is 10.8 Å². The Hall–Kier alpha value is -2.75. The second-order valence-electron chi connectivity index (χ2n) is 6.70. The van der Waals surface area contributed by atoms with Crippen LogP contribution < -0.4 is 0 Å². The van der Waals surface area contributed by atoms with Gasteiger partial charge in [0.05, 0.1) is 0 Å². The number of amides is 1. The normalized spacial score (nSPS) is 17.6. The molecule has 1 atom stereocenters. The first-order chi connectivity index (χ1) is 12.3. The molecule has 25 heavy (non-hydrogen) atoms. The molecule has 0 spiro atoms. The minimum Gasteiger partial charge on any atom is -0.337 e. The van der Waals surface area contributed by atoms with Crippen molar-refractivity contribution in [2.45, 2.75) is 19.3 Å². The largest absolute Gasteiger partial charge is 0.337 e. The average molecular weight is 331 g/mol. The van der Waals surface area contributed by atoms with Gasteiger partial charge in [0.1, 0.15) is 5.69 Å². The maximum absolute atomic E-state index is 12.7. The zero-order valence-electron chi connectivity index (χ0n) is 14.1. The van der Waals surface area contributed by atoms with Crippen molar-refractivity contribution in [3.05, 3.63) is 72.3 Å². The summed E-state index contributed by atoms with van der Waals surface area (Å²) in [6, 6.07) is 13.9. The van der Waals surface area contributed by atoms with Crippen LogP contribution >= 0.6 is 0 Å². The number of hydrogen-bond acceptors (Lipinski definition) is 3. The van der Waals surface area contributed by atoms with Crippen LogP contribution in [0.2, 0.25) is 0 Å². The van der Waals surface area contributed by atoms with E-state index in [1.165, 1.54) is 16.3 Å². The molecule has 4 heteroatoms. The van der Waals surface area contributed by atoms with Crippen LogP contribution in [0, 0.1) is 5.92 Å². The minimum absolute atomic E-state index is 0.0429. The highest BCUT2D eigenvalue weighted by Gasteiger charge is 2.25. The third kappa shape index (κ3) is 3.38. The monoisotopic (exact) mass is 331 g/mol. The standard InChI is InChI=1S/C21H21N3O/c25-21(20-9-3-4-10-23-20)24-11-5-6-16(15-24)12-18-14-22-13-17-7-1-2-8-19(17)18/h1-4,7-10,13-14,16H,5-6,11-12,15H2. The molecule has 1 aliphatic rings. The number of benzene rings is 1. The number of rotatable bonds is 3. The van der Waals surface area contributed by atoms with Crippen molar-refractivity contribution in [3.8, 4) is 0 Å². The molecule has 126 valence electrons. The van der Waals surface area contributed by atoms with Crippen molar-refractivity contribution in [1.82, 2.24) is 14.9 Å². The summed E-state index contributed by atoms with van der Waals surface area (Å²) in [7, 11) is 0. The Kier molecular flexibility index (Phi) is 4.42. The molecule has 0 aliphatic carbocycles. The molecule has 0 radical (unpaired) electrons. The number of fused-ring (bicyclic) bond motifs is 1. The molecule has 4 rings (SSSR count). The fourth-order valence-corrected chi connectivity index (χ4v) is 3.72. The second-order valence-corrected chi connectivity index (χ2v) is 6.70. The van der Waals surface area contributed by atoms with Crippen molar-refractivity contribution >= 4 is 16.7 Å². The molecule has 0 saturated carbocycles. The number of pyridine rings is 2. The molecule has 1 fully saturated rings. The molecule has 1 unspecified atom stereocenters. The van der Waals surface area contributed by atoms with Crippen LogP contribution in [0.4, 0.5) is 0 Å². The first-order valence-electron chi connectivity index (χ1n) is 8.83. The van der Waals surface area contributed by atoms with Gasteiger partial charge in [-0.25, -0.2) is 0 Å². The van der Waals surface area contributed by atoms with E-state index in [1.54, 1.807) is 12.3 Å². The van der Waals surface area contributed by atoms with E-state index >= 15 is 0 Å². The number of likely N-dealkylation sites (tertiary alicyclic amines) is 1. The van der Waals surface area contributed by atoms with Gasteiger partial charge in [-0.15, -0.1) is 0 Å². The highest BCUT2D eigenvalue weighted by Crippen LogP contribution is 2.25. The van der Waals surface area contributed by atoms with Gasteiger partial charge in [0.2, 0.25) is 0 Å². The highest BCUT2D eigenvalue weighted by molar-refractivity contribution is 5.92. The SMILES string of the molecule is O=C(c1ccccn1)N1CCCC(Cc2cncc3ccccc23)C1. The third-order valence-electron chi connectivity index (χ3n) is 4.95. The number of aromatic nitrogens is 2. The molecule has 1 amide bonds. The minimum atomic E-state index is 0.0429. The third-order valence-corrected chi connectivity index (χ3v) is 4.95. The van der Waals surface area contributed by atoms with Crippen LogP contribution in [0.1, 0.15) is 28.9 Å². The lowest BCUT2D eigenvalue weighted by atomic mass is 9.90. The smallest absolute Gasteiger partial charge is 0.272 e. The van der Waals surface area contributed by atoms with Crippen molar-refractivity contribution in [3.63, 3.8) is 0 Å². The van der Waals surface area contributed by atoms with E-state index in [-0.39, 0.29) is 5.91 Å². The summed E-state index contributed by atoms with van der Waals surface area (Å²) in [6.45, 7) is 1.61. The van der Waals surface area contributed by atoms with Gasteiger partial charge in [0.25, 0.3) is 5.91 Å². The fourth-order valence-electron chi connectivity index (χ4n) is 3.72. The molecular formula is C21H21N3O. The van der Waals surface area contributed by atoms with Gasteiger partial charge >= 0.3 is 0 Å². The zero-order chi connectivity index (χ0) is 17.1.